The Morgan fingerprint density at radius 3 is 2.50 bits per heavy atom. The van der Waals surface area contributed by atoms with Crippen LogP contribution in [0, 0.1) is 6.92 Å². The highest BCUT2D eigenvalue weighted by Gasteiger charge is 2.36. The monoisotopic (exact) mass is 379 g/mol. The van der Waals surface area contributed by atoms with Crippen LogP contribution in [-0.2, 0) is 11.3 Å². The number of rotatable bonds is 5. The molecule has 5 nitrogen and oxygen atoms in total. The molecule has 1 aliphatic heterocycles. The number of aromatic hydroxyl groups is 1. The van der Waals surface area contributed by atoms with Gasteiger partial charge in [0.25, 0.3) is 0 Å². The average molecular weight is 380 g/mol. The number of phenols is 1. The van der Waals surface area contributed by atoms with Gasteiger partial charge in [0.1, 0.15) is 11.8 Å². The number of hydrogen-bond acceptors (Lipinski definition) is 4. The summed E-state index contributed by atoms with van der Waals surface area (Å²) in [6, 6.07) is 15.7. The summed E-state index contributed by atoms with van der Waals surface area (Å²) in [6.45, 7) is 2.79. The predicted molar refractivity (Wildman–Crippen MR) is 110 cm³/mol. The summed E-state index contributed by atoms with van der Waals surface area (Å²) in [5.74, 6) is 0.442. The zero-order valence-corrected chi connectivity index (χ0v) is 16.4. The molecular weight excluding hydrogens is 350 g/mol. The number of amides is 1. The van der Waals surface area contributed by atoms with E-state index in [2.05, 4.69) is 40.9 Å². The molecule has 2 atom stereocenters. The highest BCUT2D eigenvalue weighted by atomic mass is 16.3. The third-order valence-corrected chi connectivity index (χ3v) is 6.15. The zero-order chi connectivity index (χ0) is 19.5. The van der Waals surface area contributed by atoms with Crippen molar-refractivity contribution in [3.05, 3.63) is 65.2 Å². The Kier molecular flexibility index (Phi) is 5.64. The molecule has 1 saturated heterocycles. The van der Waals surface area contributed by atoms with Gasteiger partial charge in [-0.3, -0.25) is 4.79 Å². The number of nitrogens with zero attached hydrogens (tertiary/aromatic N) is 1. The molecule has 2 aromatic carbocycles. The second kappa shape index (κ2) is 8.33. The van der Waals surface area contributed by atoms with E-state index in [0.29, 0.717) is 19.0 Å². The fourth-order valence-electron chi connectivity index (χ4n) is 4.42. The average Bonchev–Trinajstić information content (AvgIpc) is 3.40. The maximum atomic E-state index is 13.5. The van der Waals surface area contributed by atoms with Crippen LogP contribution in [0.2, 0.25) is 0 Å². The Balaban J connectivity index is 1.49. The number of carbonyl (C=O) groups is 1. The summed E-state index contributed by atoms with van der Waals surface area (Å²) >= 11 is 0. The maximum absolute atomic E-state index is 13.5. The van der Waals surface area contributed by atoms with E-state index < -0.39 is 0 Å². The topological polar surface area (TPSA) is 64.6 Å². The van der Waals surface area contributed by atoms with Gasteiger partial charge in [-0.15, -0.1) is 0 Å². The summed E-state index contributed by atoms with van der Waals surface area (Å²) in [4.78, 5) is 15.6. The van der Waals surface area contributed by atoms with Gasteiger partial charge in [-0.1, -0.05) is 49.2 Å². The smallest absolute Gasteiger partial charge is 0.241 e. The van der Waals surface area contributed by atoms with E-state index in [4.69, 9.17) is 0 Å². The van der Waals surface area contributed by atoms with Crippen molar-refractivity contribution in [2.24, 2.45) is 0 Å². The highest BCUT2D eigenvalue weighted by molar-refractivity contribution is 5.82. The summed E-state index contributed by atoms with van der Waals surface area (Å²) in [5.41, 5.74) is 10.0. The summed E-state index contributed by atoms with van der Waals surface area (Å²) in [5, 5.41) is 9.50. The fourth-order valence-corrected chi connectivity index (χ4v) is 4.42. The van der Waals surface area contributed by atoms with Gasteiger partial charge in [-0.2, -0.15) is 0 Å². The van der Waals surface area contributed by atoms with Gasteiger partial charge in [0.2, 0.25) is 5.91 Å². The molecule has 0 radical (unpaired) electrons. The van der Waals surface area contributed by atoms with Crippen molar-refractivity contribution in [3.8, 4) is 5.75 Å². The molecular formula is C23H29N3O2. The molecule has 2 unspecified atom stereocenters. The van der Waals surface area contributed by atoms with Crippen LogP contribution in [0.3, 0.4) is 0 Å². The number of carbonyl (C=O) groups excluding carboxylic acids is 1. The summed E-state index contributed by atoms with van der Waals surface area (Å²) < 4.78 is 0. The molecule has 0 spiro atoms. The number of phenolic OH excluding ortho intramolecular Hbond substituents is 1. The number of benzene rings is 2. The van der Waals surface area contributed by atoms with Crippen LogP contribution >= 0.6 is 0 Å². The lowest BCUT2D eigenvalue weighted by Crippen LogP contribution is -2.48. The third kappa shape index (κ3) is 4.05. The highest BCUT2D eigenvalue weighted by Crippen LogP contribution is 2.29. The molecule has 28 heavy (non-hydrogen) atoms. The van der Waals surface area contributed by atoms with Crippen LogP contribution in [-0.4, -0.2) is 28.0 Å². The lowest BCUT2D eigenvalue weighted by atomic mass is 10.00. The minimum atomic E-state index is -0.233. The van der Waals surface area contributed by atoms with Gasteiger partial charge in [0.15, 0.2) is 0 Å². The van der Waals surface area contributed by atoms with Crippen molar-refractivity contribution < 1.29 is 9.90 Å². The first-order valence-electron chi connectivity index (χ1n) is 10.3. The van der Waals surface area contributed by atoms with E-state index in [-0.39, 0.29) is 23.7 Å². The summed E-state index contributed by atoms with van der Waals surface area (Å²) in [7, 11) is 0. The summed E-state index contributed by atoms with van der Waals surface area (Å²) in [6.07, 6.45) is 5.31. The lowest BCUT2D eigenvalue weighted by Gasteiger charge is -2.32. The van der Waals surface area contributed by atoms with E-state index in [1.54, 1.807) is 12.1 Å². The number of hydrazine groups is 1. The number of nitrogens with one attached hydrogen (secondary N) is 2. The number of aryl methyl sites for hydroxylation is 1. The van der Waals surface area contributed by atoms with Crippen LogP contribution in [0.1, 0.15) is 54.8 Å². The van der Waals surface area contributed by atoms with E-state index in [1.165, 1.54) is 24.0 Å². The maximum Gasteiger partial charge on any atom is 0.241 e. The lowest BCUT2D eigenvalue weighted by molar-refractivity contribution is -0.136. The van der Waals surface area contributed by atoms with E-state index in [0.717, 1.165) is 18.4 Å². The predicted octanol–water partition coefficient (Wildman–Crippen LogP) is 3.58. The Bertz CT molecular complexity index is 815. The Morgan fingerprint density at radius 2 is 1.79 bits per heavy atom. The first-order valence-corrected chi connectivity index (χ1v) is 10.3. The SMILES string of the molecule is Cc1ccccc1CN(C(=O)C1CC(c2ccc(O)cc2)NN1)C1CCCC1. The minimum Gasteiger partial charge on any atom is -0.508 e. The van der Waals surface area contributed by atoms with E-state index in [9.17, 15) is 9.90 Å². The van der Waals surface area contributed by atoms with E-state index >= 15 is 0 Å². The van der Waals surface area contributed by atoms with Crippen molar-refractivity contribution in [3.63, 3.8) is 0 Å². The molecule has 148 valence electrons. The van der Waals surface area contributed by atoms with Gasteiger partial charge < -0.3 is 10.0 Å². The van der Waals surface area contributed by atoms with Gasteiger partial charge in [0.05, 0.1) is 0 Å². The van der Waals surface area contributed by atoms with Crippen LogP contribution in [0.25, 0.3) is 0 Å². The molecule has 0 bridgehead atoms. The van der Waals surface area contributed by atoms with Gasteiger partial charge in [-0.05, 0) is 55.0 Å². The van der Waals surface area contributed by atoms with Crippen molar-refractivity contribution >= 4 is 5.91 Å². The standard InChI is InChI=1S/C23H29N3O2/c1-16-6-2-3-7-18(16)15-26(19-8-4-5-9-19)23(28)22-14-21(24-25-22)17-10-12-20(27)13-11-17/h2-3,6-7,10-13,19,21-22,24-25,27H,4-5,8-9,14-15H2,1H3. The first-order chi connectivity index (χ1) is 13.6. The zero-order valence-electron chi connectivity index (χ0n) is 16.4. The molecule has 2 fully saturated rings. The number of hydrogen-bond donors (Lipinski definition) is 3. The van der Waals surface area contributed by atoms with Crippen LogP contribution in [0.15, 0.2) is 48.5 Å². The van der Waals surface area contributed by atoms with Gasteiger partial charge in [-0.25, -0.2) is 10.9 Å². The van der Waals surface area contributed by atoms with Crippen molar-refractivity contribution in [2.45, 2.75) is 63.7 Å². The van der Waals surface area contributed by atoms with Crippen LogP contribution in [0.5, 0.6) is 5.75 Å². The molecule has 1 heterocycles. The van der Waals surface area contributed by atoms with Crippen molar-refractivity contribution in [1.82, 2.24) is 15.8 Å². The van der Waals surface area contributed by atoms with Crippen molar-refractivity contribution in [1.29, 1.82) is 0 Å². The van der Waals surface area contributed by atoms with Gasteiger partial charge in [0, 0.05) is 18.6 Å². The Hall–Kier alpha value is -2.37. The molecule has 4 rings (SSSR count). The Morgan fingerprint density at radius 1 is 1.07 bits per heavy atom. The fraction of sp³-hybridized carbons (Fsp3) is 0.435. The van der Waals surface area contributed by atoms with E-state index in [1.807, 2.05) is 18.2 Å². The van der Waals surface area contributed by atoms with Crippen LogP contribution < -0.4 is 10.9 Å². The minimum absolute atomic E-state index is 0.0680. The normalized spacial score (nSPS) is 22.5. The molecule has 2 aliphatic rings. The Labute approximate surface area is 166 Å². The van der Waals surface area contributed by atoms with Gasteiger partial charge >= 0.3 is 0 Å². The quantitative estimate of drug-likeness (QED) is 0.743. The second-order valence-electron chi connectivity index (χ2n) is 8.05. The molecule has 1 amide bonds. The molecule has 1 saturated carbocycles. The third-order valence-electron chi connectivity index (χ3n) is 6.15. The second-order valence-corrected chi connectivity index (χ2v) is 8.05. The molecule has 5 heteroatoms. The molecule has 1 aliphatic carbocycles. The molecule has 3 N–H and O–H groups in total. The van der Waals surface area contributed by atoms with Crippen LogP contribution in [0.4, 0.5) is 0 Å². The first kappa shape index (κ1) is 19.0. The molecule has 2 aromatic rings. The van der Waals surface area contributed by atoms with Crippen molar-refractivity contribution in [2.75, 3.05) is 0 Å². The largest absolute Gasteiger partial charge is 0.508 e. The molecule has 0 aromatic heterocycles.